The van der Waals surface area contributed by atoms with Crippen LogP contribution in [0.2, 0.25) is 0 Å². The third-order valence-corrected chi connectivity index (χ3v) is 3.33. The van der Waals surface area contributed by atoms with E-state index in [0.717, 1.165) is 18.7 Å². The van der Waals surface area contributed by atoms with Gasteiger partial charge in [-0.2, -0.15) is 4.39 Å². The minimum atomic E-state index is -1.00. The molecule has 2 rings (SSSR count). The number of carbonyl (C=O) groups is 1. The molecule has 7 heteroatoms. The fourth-order valence-electron chi connectivity index (χ4n) is 1.94. The van der Waals surface area contributed by atoms with Gasteiger partial charge in [0, 0.05) is 30.8 Å². The summed E-state index contributed by atoms with van der Waals surface area (Å²) < 4.78 is 13.4. The van der Waals surface area contributed by atoms with E-state index in [0.29, 0.717) is 12.6 Å². The van der Waals surface area contributed by atoms with Crippen molar-refractivity contribution in [2.24, 2.45) is 0 Å². The number of nitro benzene ring substituents is 1. The maximum Gasteiger partial charge on any atom is 0.304 e. The second-order valence-electron chi connectivity index (χ2n) is 4.89. The van der Waals surface area contributed by atoms with Gasteiger partial charge in [0.15, 0.2) is 0 Å². The molecule has 1 N–H and O–H groups in total. The first kappa shape index (κ1) is 14.4. The predicted octanol–water partition coefficient (Wildman–Crippen LogP) is 1.56. The summed E-state index contributed by atoms with van der Waals surface area (Å²) in [6, 6.07) is 3.75. The Hall–Kier alpha value is -2.02. The van der Waals surface area contributed by atoms with Crippen LogP contribution < -0.4 is 5.32 Å². The number of amides is 1. The molecule has 108 valence electrons. The van der Waals surface area contributed by atoms with Gasteiger partial charge in [-0.1, -0.05) is 0 Å². The number of rotatable bonds is 6. The van der Waals surface area contributed by atoms with Gasteiger partial charge in [0.2, 0.25) is 5.82 Å². The second-order valence-corrected chi connectivity index (χ2v) is 4.89. The number of hydrogen-bond acceptors (Lipinski definition) is 4. The molecule has 6 nitrogen and oxygen atoms in total. The van der Waals surface area contributed by atoms with Gasteiger partial charge in [-0.3, -0.25) is 14.9 Å². The smallest absolute Gasteiger partial charge is 0.304 e. The Balaban J connectivity index is 1.88. The molecular weight excluding hydrogens is 265 g/mol. The second kappa shape index (κ2) is 5.96. The first-order chi connectivity index (χ1) is 9.49. The summed E-state index contributed by atoms with van der Waals surface area (Å²) in [6.45, 7) is 1.19. The normalized spacial score (nSPS) is 14.3. The van der Waals surface area contributed by atoms with Crippen LogP contribution in [0.1, 0.15) is 23.2 Å². The van der Waals surface area contributed by atoms with Crippen molar-refractivity contribution in [3.05, 3.63) is 39.7 Å². The molecule has 0 aliphatic heterocycles. The van der Waals surface area contributed by atoms with Crippen molar-refractivity contribution < 1.29 is 14.1 Å². The molecule has 0 heterocycles. The number of benzene rings is 1. The average Bonchev–Trinajstić information content (AvgIpc) is 3.22. The molecule has 0 atom stereocenters. The average molecular weight is 281 g/mol. The zero-order valence-electron chi connectivity index (χ0n) is 11.1. The van der Waals surface area contributed by atoms with E-state index in [9.17, 15) is 19.3 Å². The van der Waals surface area contributed by atoms with Crippen LogP contribution in [0.5, 0.6) is 0 Å². The molecule has 1 aromatic carbocycles. The molecule has 0 spiro atoms. The van der Waals surface area contributed by atoms with Gasteiger partial charge >= 0.3 is 5.69 Å². The molecule has 20 heavy (non-hydrogen) atoms. The molecule has 1 amide bonds. The van der Waals surface area contributed by atoms with Crippen molar-refractivity contribution in [3.63, 3.8) is 0 Å². The van der Waals surface area contributed by atoms with Crippen molar-refractivity contribution in [2.45, 2.75) is 18.9 Å². The van der Waals surface area contributed by atoms with Crippen LogP contribution in [0.3, 0.4) is 0 Å². The predicted molar refractivity (Wildman–Crippen MR) is 71.0 cm³/mol. The van der Waals surface area contributed by atoms with Crippen molar-refractivity contribution in [1.82, 2.24) is 10.2 Å². The van der Waals surface area contributed by atoms with E-state index >= 15 is 0 Å². The van der Waals surface area contributed by atoms with Gasteiger partial charge in [0.05, 0.1) is 4.92 Å². The molecule has 0 aromatic heterocycles. The van der Waals surface area contributed by atoms with Gasteiger partial charge < -0.3 is 10.2 Å². The molecule has 1 aromatic rings. The fourth-order valence-corrected chi connectivity index (χ4v) is 1.94. The summed E-state index contributed by atoms with van der Waals surface area (Å²) in [5, 5.41) is 13.2. The highest BCUT2D eigenvalue weighted by Gasteiger charge is 2.25. The lowest BCUT2D eigenvalue weighted by Gasteiger charge is -2.15. The summed E-state index contributed by atoms with van der Waals surface area (Å²) in [5.41, 5.74) is -0.544. The highest BCUT2D eigenvalue weighted by Crippen LogP contribution is 2.24. The van der Waals surface area contributed by atoms with Gasteiger partial charge in [-0.05, 0) is 32.0 Å². The lowest BCUT2D eigenvalue weighted by Crippen LogP contribution is -2.34. The zero-order valence-corrected chi connectivity index (χ0v) is 11.1. The molecule has 0 unspecified atom stereocenters. The number of hydrogen-bond donors (Lipinski definition) is 1. The third kappa shape index (κ3) is 3.51. The van der Waals surface area contributed by atoms with Crippen molar-refractivity contribution >= 4 is 11.6 Å². The fraction of sp³-hybridized carbons (Fsp3) is 0.462. The summed E-state index contributed by atoms with van der Waals surface area (Å²) in [5.74, 6) is -1.43. The number of carbonyl (C=O) groups excluding carboxylic acids is 1. The lowest BCUT2D eigenvalue weighted by molar-refractivity contribution is -0.387. The van der Waals surface area contributed by atoms with Gasteiger partial charge in [0.25, 0.3) is 5.91 Å². The van der Waals surface area contributed by atoms with Crippen LogP contribution in [0.4, 0.5) is 10.1 Å². The summed E-state index contributed by atoms with van der Waals surface area (Å²) in [7, 11) is 2.00. The SMILES string of the molecule is CN(CCNC(=O)c1ccc([N+](=O)[O-])c(F)c1)C1CC1. The Kier molecular flexibility index (Phi) is 4.29. The molecule has 1 saturated carbocycles. The maximum atomic E-state index is 13.4. The molecule has 1 aliphatic rings. The van der Waals surface area contributed by atoms with E-state index in [1.54, 1.807) is 0 Å². The van der Waals surface area contributed by atoms with E-state index in [1.165, 1.54) is 18.9 Å². The van der Waals surface area contributed by atoms with Crippen LogP contribution in [-0.4, -0.2) is 41.9 Å². The van der Waals surface area contributed by atoms with E-state index in [2.05, 4.69) is 10.2 Å². The van der Waals surface area contributed by atoms with Crippen LogP contribution in [0.25, 0.3) is 0 Å². The Bertz CT molecular complexity index is 532. The van der Waals surface area contributed by atoms with E-state index < -0.39 is 22.3 Å². The maximum absolute atomic E-state index is 13.4. The van der Waals surface area contributed by atoms with Gasteiger partial charge in [0.1, 0.15) is 0 Å². The van der Waals surface area contributed by atoms with Crippen LogP contribution in [-0.2, 0) is 0 Å². The molecule has 0 radical (unpaired) electrons. The first-order valence-corrected chi connectivity index (χ1v) is 6.41. The highest BCUT2D eigenvalue weighted by molar-refractivity contribution is 5.94. The Labute approximate surface area is 115 Å². The van der Waals surface area contributed by atoms with Crippen LogP contribution >= 0.6 is 0 Å². The summed E-state index contributed by atoms with van der Waals surface area (Å²) in [6.07, 6.45) is 2.38. The van der Waals surface area contributed by atoms with Gasteiger partial charge in [-0.25, -0.2) is 0 Å². The molecular formula is C13H16FN3O3. The number of likely N-dealkylation sites (N-methyl/N-ethyl adjacent to an activating group) is 1. The lowest BCUT2D eigenvalue weighted by atomic mass is 10.2. The number of nitrogens with one attached hydrogen (secondary N) is 1. The van der Waals surface area contributed by atoms with E-state index in [-0.39, 0.29) is 5.56 Å². The largest absolute Gasteiger partial charge is 0.351 e. The summed E-state index contributed by atoms with van der Waals surface area (Å²) >= 11 is 0. The molecule has 0 bridgehead atoms. The molecule has 0 saturated heterocycles. The van der Waals surface area contributed by atoms with Crippen LogP contribution in [0, 0.1) is 15.9 Å². The van der Waals surface area contributed by atoms with Crippen LogP contribution in [0.15, 0.2) is 18.2 Å². The zero-order chi connectivity index (χ0) is 14.7. The Morgan fingerprint density at radius 1 is 1.55 bits per heavy atom. The Morgan fingerprint density at radius 3 is 2.80 bits per heavy atom. The minimum Gasteiger partial charge on any atom is -0.351 e. The topological polar surface area (TPSA) is 75.5 Å². The van der Waals surface area contributed by atoms with E-state index in [1.807, 2.05) is 7.05 Å². The number of halogens is 1. The monoisotopic (exact) mass is 281 g/mol. The van der Waals surface area contributed by atoms with Crippen molar-refractivity contribution in [2.75, 3.05) is 20.1 Å². The van der Waals surface area contributed by atoms with E-state index in [4.69, 9.17) is 0 Å². The van der Waals surface area contributed by atoms with Crippen molar-refractivity contribution in [3.8, 4) is 0 Å². The summed E-state index contributed by atoms with van der Waals surface area (Å²) in [4.78, 5) is 23.6. The quantitative estimate of drug-likeness (QED) is 0.634. The highest BCUT2D eigenvalue weighted by atomic mass is 19.1. The third-order valence-electron chi connectivity index (χ3n) is 3.33. The minimum absolute atomic E-state index is 0.0853. The first-order valence-electron chi connectivity index (χ1n) is 6.41. The molecule has 1 aliphatic carbocycles. The number of nitrogens with zero attached hydrogens (tertiary/aromatic N) is 2. The van der Waals surface area contributed by atoms with Crippen molar-refractivity contribution in [1.29, 1.82) is 0 Å². The Morgan fingerprint density at radius 2 is 2.25 bits per heavy atom. The number of nitro groups is 1. The van der Waals surface area contributed by atoms with Gasteiger partial charge in [-0.15, -0.1) is 0 Å². The molecule has 1 fully saturated rings. The standard InChI is InChI=1S/C13H16FN3O3/c1-16(10-3-4-10)7-6-15-13(18)9-2-5-12(17(19)20)11(14)8-9/h2,5,8,10H,3-4,6-7H2,1H3,(H,15,18).